The summed E-state index contributed by atoms with van der Waals surface area (Å²) in [4.78, 5) is 0. The van der Waals surface area contributed by atoms with Crippen molar-refractivity contribution in [1.29, 1.82) is 0 Å². The molecule has 0 radical (unpaired) electrons. The molecule has 0 aliphatic rings. The van der Waals surface area contributed by atoms with Crippen molar-refractivity contribution in [3.8, 4) is 0 Å². The lowest BCUT2D eigenvalue weighted by Gasteiger charge is -2.05. The van der Waals surface area contributed by atoms with Crippen LogP contribution < -0.4 is 5.30 Å². The Bertz CT molecular complexity index is 688. The van der Waals surface area contributed by atoms with Gasteiger partial charge in [-0.05, 0) is 27.6 Å². The second kappa shape index (κ2) is 3.70. The highest BCUT2D eigenvalue weighted by Crippen LogP contribution is 2.25. The van der Waals surface area contributed by atoms with E-state index >= 15 is 0 Å². The van der Waals surface area contributed by atoms with Gasteiger partial charge in [0, 0.05) is 0 Å². The van der Waals surface area contributed by atoms with Crippen LogP contribution in [0.15, 0.2) is 54.6 Å². The normalized spacial score (nSPS) is 11.2. The molecule has 16 heavy (non-hydrogen) atoms. The maximum Gasteiger partial charge on any atom is 0.192 e. The van der Waals surface area contributed by atoms with Gasteiger partial charge in [-0.15, -0.1) is 0 Å². The fraction of sp³-hybridized carbons (Fsp3) is 0. The molecule has 76 valence electrons. The average molecular weight is 224 g/mol. The van der Waals surface area contributed by atoms with E-state index in [0.29, 0.717) is 0 Å². The molecule has 0 aliphatic heterocycles. The first kappa shape index (κ1) is 9.50. The van der Waals surface area contributed by atoms with E-state index in [4.69, 9.17) is 0 Å². The van der Waals surface area contributed by atoms with Crippen LogP contribution in [0.2, 0.25) is 0 Å². The van der Waals surface area contributed by atoms with Gasteiger partial charge in [-0.2, -0.15) is 0 Å². The Morgan fingerprint density at radius 2 is 1.38 bits per heavy atom. The number of rotatable bonds is 1. The van der Waals surface area contributed by atoms with Gasteiger partial charge in [-0.3, -0.25) is 4.57 Å². The van der Waals surface area contributed by atoms with Crippen molar-refractivity contribution < 1.29 is 4.57 Å². The molecule has 0 bridgehead atoms. The van der Waals surface area contributed by atoms with Crippen molar-refractivity contribution in [3.63, 3.8) is 0 Å². The Labute approximate surface area is 94.9 Å². The van der Waals surface area contributed by atoms with Crippen molar-refractivity contribution in [1.82, 2.24) is 0 Å². The Kier molecular flexibility index (Phi) is 2.19. The summed E-state index contributed by atoms with van der Waals surface area (Å²) >= 11 is 0. The smallest absolute Gasteiger partial charge is 0.192 e. The maximum atomic E-state index is 11.2. The van der Waals surface area contributed by atoms with Gasteiger partial charge >= 0.3 is 0 Å². The third-order valence-electron chi connectivity index (χ3n) is 2.84. The first-order valence-electron chi connectivity index (χ1n) is 5.14. The molecule has 0 spiro atoms. The fourth-order valence-corrected chi connectivity index (χ4v) is 2.60. The molecule has 3 aromatic carbocycles. The van der Waals surface area contributed by atoms with Crippen molar-refractivity contribution in [2.45, 2.75) is 0 Å². The van der Waals surface area contributed by atoms with Gasteiger partial charge < -0.3 is 0 Å². The predicted molar refractivity (Wildman–Crippen MR) is 68.7 cm³/mol. The summed E-state index contributed by atoms with van der Waals surface area (Å²) in [7, 11) is 0.0801. The van der Waals surface area contributed by atoms with E-state index in [-0.39, 0.29) is 8.46 Å². The van der Waals surface area contributed by atoms with Gasteiger partial charge in [0.2, 0.25) is 0 Å². The number of benzene rings is 3. The number of hydrogen-bond acceptors (Lipinski definition) is 1. The summed E-state index contributed by atoms with van der Waals surface area (Å²) in [5.41, 5.74) is 0. The quantitative estimate of drug-likeness (QED) is 0.452. The summed E-state index contributed by atoms with van der Waals surface area (Å²) in [6, 6.07) is 18.3. The Morgan fingerprint density at radius 3 is 2.12 bits per heavy atom. The van der Waals surface area contributed by atoms with Gasteiger partial charge in [-0.25, -0.2) is 0 Å². The molecule has 0 fully saturated rings. The molecule has 0 aromatic heterocycles. The van der Waals surface area contributed by atoms with Gasteiger partial charge in [0.15, 0.2) is 8.46 Å². The summed E-state index contributed by atoms with van der Waals surface area (Å²) < 4.78 is 11.2. The Balaban J connectivity index is 2.62. The number of hydrogen-bond donors (Lipinski definition) is 0. The third-order valence-corrected chi connectivity index (χ3v) is 3.41. The second-order valence-electron chi connectivity index (χ2n) is 3.75. The van der Waals surface area contributed by atoms with Gasteiger partial charge in [0.25, 0.3) is 0 Å². The van der Waals surface area contributed by atoms with E-state index in [1.54, 1.807) is 0 Å². The molecule has 0 saturated heterocycles. The largest absolute Gasteiger partial charge is 0.269 e. The van der Waals surface area contributed by atoms with Gasteiger partial charge in [-0.1, -0.05) is 48.5 Å². The molecular weight excluding hydrogens is 215 g/mol. The molecule has 3 rings (SSSR count). The lowest BCUT2D eigenvalue weighted by molar-refractivity contribution is 0.603. The summed E-state index contributed by atoms with van der Waals surface area (Å²) in [6.07, 6.45) is 0. The van der Waals surface area contributed by atoms with E-state index in [2.05, 4.69) is 18.2 Å². The van der Waals surface area contributed by atoms with Crippen LogP contribution >= 0.6 is 8.46 Å². The van der Waals surface area contributed by atoms with Crippen molar-refractivity contribution in [3.05, 3.63) is 54.6 Å². The van der Waals surface area contributed by atoms with E-state index in [0.717, 1.165) is 16.1 Å². The molecule has 0 aliphatic carbocycles. The fourth-order valence-electron chi connectivity index (χ4n) is 2.11. The molecule has 0 heterocycles. The Hall–Kier alpha value is -1.72. The van der Waals surface area contributed by atoms with Gasteiger partial charge in [0.05, 0.1) is 5.30 Å². The molecule has 0 amide bonds. The minimum atomic E-state index is 0.0801. The molecule has 0 saturated carbocycles. The van der Waals surface area contributed by atoms with Crippen LogP contribution in [0, 0.1) is 0 Å². The maximum absolute atomic E-state index is 11.2. The van der Waals surface area contributed by atoms with Crippen LogP contribution in [0.1, 0.15) is 0 Å². The zero-order valence-electron chi connectivity index (χ0n) is 8.55. The third kappa shape index (κ3) is 1.33. The average Bonchev–Trinajstić information content (AvgIpc) is 2.38. The first-order valence-corrected chi connectivity index (χ1v) is 5.95. The summed E-state index contributed by atoms with van der Waals surface area (Å²) in [5.74, 6) is 0. The zero-order chi connectivity index (χ0) is 11.0. The topological polar surface area (TPSA) is 17.1 Å². The molecule has 0 atom stereocenters. The SMILES string of the molecule is O=Pc1cc2ccccc2c2ccccc12. The van der Waals surface area contributed by atoms with E-state index in [9.17, 15) is 4.57 Å². The van der Waals surface area contributed by atoms with E-state index in [1.165, 1.54) is 10.8 Å². The molecule has 3 aromatic rings. The minimum Gasteiger partial charge on any atom is -0.269 e. The minimum absolute atomic E-state index is 0.0801. The van der Waals surface area contributed by atoms with E-state index < -0.39 is 0 Å². The highest BCUT2D eigenvalue weighted by Gasteiger charge is 2.05. The van der Waals surface area contributed by atoms with Gasteiger partial charge in [0.1, 0.15) is 0 Å². The monoisotopic (exact) mass is 224 g/mol. The zero-order valence-corrected chi connectivity index (χ0v) is 9.45. The molecule has 2 heteroatoms. The van der Waals surface area contributed by atoms with Crippen LogP contribution in [0.3, 0.4) is 0 Å². The molecular formula is C14H9OP. The van der Waals surface area contributed by atoms with Crippen LogP contribution in [0.4, 0.5) is 0 Å². The number of fused-ring (bicyclic) bond motifs is 3. The van der Waals surface area contributed by atoms with Crippen LogP contribution in [0.25, 0.3) is 21.5 Å². The molecule has 0 N–H and O–H groups in total. The van der Waals surface area contributed by atoms with Crippen LogP contribution in [-0.4, -0.2) is 0 Å². The molecule has 1 nitrogen and oxygen atoms in total. The first-order chi connectivity index (χ1) is 7.90. The second-order valence-corrected chi connectivity index (χ2v) is 4.42. The van der Waals surface area contributed by atoms with E-state index in [1.807, 2.05) is 36.4 Å². The lowest BCUT2D eigenvalue weighted by atomic mass is 10.0. The Morgan fingerprint density at radius 1 is 0.750 bits per heavy atom. The molecule has 0 unspecified atom stereocenters. The van der Waals surface area contributed by atoms with Crippen LogP contribution in [0.5, 0.6) is 0 Å². The summed E-state index contributed by atoms with van der Waals surface area (Å²) in [5, 5.41) is 5.44. The van der Waals surface area contributed by atoms with Crippen molar-refractivity contribution >= 4 is 35.3 Å². The van der Waals surface area contributed by atoms with Crippen molar-refractivity contribution in [2.24, 2.45) is 0 Å². The van der Waals surface area contributed by atoms with Crippen molar-refractivity contribution in [2.75, 3.05) is 0 Å². The highest BCUT2D eigenvalue weighted by atomic mass is 31.1. The summed E-state index contributed by atoms with van der Waals surface area (Å²) in [6.45, 7) is 0. The standard InChI is InChI=1S/C14H9OP/c15-16-14-9-10-5-1-2-6-11(10)12-7-3-4-8-13(12)14/h1-9H. The predicted octanol–water partition coefficient (Wildman–Crippen LogP) is 3.91. The highest BCUT2D eigenvalue weighted by molar-refractivity contribution is 7.35. The lowest BCUT2D eigenvalue weighted by Crippen LogP contribution is -1.94. The van der Waals surface area contributed by atoms with Crippen LogP contribution in [-0.2, 0) is 4.57 Å².